The molecule has 1 heterocycles. The first-order valence-corrected chi connectivity index (χ1v) is 4.99. The van der Waals surface area contributed by atoms with Gasteiger partial charge >= 0.3 is 0 Å². The molecule has 0 saturated carbocycles. The van der Waals surface area contributed by atoms with Crippen LogP contribution in [0.4, 0.5) is 0 Å². The second kappa shape index (κ2) is 6.23. The lowest BCUT2D eigenvalue weighted by molar-refractivity contribution is 0.727. The number of halogens is 1. The molecule has 0 radical (unpaired) electrons. The van der Waals surface area contributed by atoms with Gasteiger partial charge in [0.25, 0.3) is 0 Å². The summed E-state index contributed by atoms with van der Waals surface area (Å²) in [6.45, 7) is 2.73. The maximum Gasteiger partial charge on any atom is 0.190 e. The molecule has 1 aromatic heterocycles. The van der Waals surface area contributed by atoms with Crippen LogP contribution in [0.1, 0.15) is 12.7 Å². The standard InChI is InChI=1S/C7H14N4S.ClH/c1-3-12-7-10-9-6(4-5-8)11(7)2;/h3-5,8H2,1-2H3;1H. The quantitative estimate of drug-likeness (QED) is 0.768. The van der Waals surface area contributed by atoms with Crippen molar-refractivity contribution in [2.45, 2.75) is 18.5 Å². The molecule has 2 N–H and O–H groups in total. The predicted molar refractivity (Wildman–Crippen MR) is 57.4 cm³/mol. The van der Waals surface area contributed by atoms with Crippen molar-refractivity contribution in [3.63, 3.8) is 0 Å². The summed E-state index contributed by atoms with van der Waals surface area (Å²) in [5, 5.41) is 9.05. The predicted octanol–water partition coefficient (Wildman–Crippen LogP) is 0.850. The normalized spacial score (nSPS) is 9.77. The number of hydrogen-bond acceptors (Lipinski definition) is 4. The third-order valence-electron chi connectivity index (χ3n) is 1.57. The topological polar surface area (TPSA) is 56.7 Å². The molecule has 0 aliphatic rings. The minimum atomic E-state index is 0. The van der Waals surface area contributed by atoms with Crippen molar-refractivity contribution in [2.75, 3.05) is 12.3 Å². The van der Waals surface area contributed by atoms with Gasteiger partial charge in [-0.1, -0.05) is 18.7 Å². The van der Waals surface area contributed by atoms with Gasteiger partial charge in [0.1, 0.15) is 5.82 Å². The van der Waals surface area contributed by atoms with Gasteiger partial charge < -0.3 is 10.3 Å². The zero-order chi connectivity index (χ0) is 8.97. The molecule has 0 amide bonds. The van der Waals surface area contributed by atoms with Gasteiger partial charge in [-0.25, -0.2) is 0 Å². The number of nitrogens with zero attached hydrogens (tertiary/aromatic N) is 3. The van der Waals surface area contributed by atoms with E-state index in [0.717, 1.165) is 23.2 Å². The van der Waals surface area contributed by atoms with E-state index in [9.17, 15) is 0 Å². The molecule has 0 bridgehead atoms. The van der Waals surface area contributed by atoms with Gasteiger partial charge in [-0.15, -0.1) is 22.6 Å². The monoisotopic (exact) mass is 222 g/mol. The van der Waals surface area contributed by atoms with E-state index in [2.05, 4.69) is 17.1 Å². The van der Waals surface area contributed by atoms with Crippen LogP contribution in [0.15, 0.2) is 5.16 Å². The second-order valence-electron chi connectivity index (χ2n) is 2.43. The Morgan fingerprint density at radius 2 is 2.15 bits per heavy atom. The molecule has 0 aliphatic carbocycles. The maximum absolute atomic E-state index is 5.42. The molecule has 4 nitrogen and oxygen atoms in total. The Morgan fingerprint density at radius 3 is 2.69 bits per heavy atom. The number of hydrogen-bond donors (Lipinski definition) is 1. The molecule has 1 aromatic rings. The molecule has 0 spiro atoms. The van der Waals surface area contributed by atoms with Gasteiger partial charge in [-0.2, -0.15) is 0 Å². The van der Waals surface area contributed by atoms with Crippen LogP contribution in [0.5, 0.6) is 0 Å². The van der Waals surface area contributed by atoms with Crippen LogP contribution in [0.3, 0.4) is 0 Å². The number of thioether (sulfide) groups is 1. The molecular weight excluding hydrogens is 208 g/mol. The molecule has 0 fully saturated rings. The van der Waals surface area contributed by atoms with Crippen LogP contribution >= 0.6 is 24.2 Å². The fourth-order valence-corrected chi connectivity index (χ4v) is 1.60. The summed E-state index contributed by atoms with van der Waals surface area (Å²) < 4.78 is 2.00. The molecule has 6 heteroatoms. The summed E-state index contributed by atoms with van der Waals surface area (Å²) in [6, 6.07) is 0. The van der Waals surface area contributed by atoms with Gasteiger partial charge in [-0.3, -0.25) is 0 Å². The van der Waals surface area contributed by atoms with Gasteiger partial charge in [0.2, 0.25) is 0 Å². The van der Waals surface area contributed by atoms with E-state index in [-0.39, 0.29) is 12.4 Å². The van der Waals surface area contributed by atoms with Crippen molar-refractivity contribution in [1.82, 2.24) is 14.8 Å². The molecule has 76 valence electrons. The largest absolute Gasteiger partial charge is 0.330 e. The van der Waals surface area contributed by atoms with Crippen molar-refractivity contribution in [3.8, 4) is 0 Å². The Hall–Kier alpha value is -0.260. The fraction of sp³-hybridized carbons (Fsp3) is 0.714. The van der Waals surface area contributed by atoms with E-state index in [1.54, 1.807) is 11.8 Å². The lowest BCUT2D eigenvalue weighted by Gasteiger charge is -2.00. The highest BCUT2D eigenvalue weighted by Gasteiger charge is 2.06. The number of aromatic nitrogens is 3. The molecule has 0 unspecified atom stereocenters. The van der Waals surface area contributed by atoms with Crippen molar-refractivity contribution in [3.05, 3.63) is 5.82 Å². The Kier molecular flexibility index (Phi) is 6.11. The van der Waals surface area contributed by atoms with Crippen LogP contribution in [0.25, 0.3) is 0 Å². The summed E-state index contributed by atoms with van der Waals surface area (Å²) >= 11 is 1.70. The van der Waals surface area contributed by atoms with Gasteiger partial charge in [-0.05, 0) is 12.3 Å². The molecule has 0 aliphatic heterocycles. The Bertz CT molecular complexity index is 227. The molecule has 0 atom stereocenters. The first-order valence-electron chi connectivity index (χ1n) is 4.00. The highest BCUT2D eigenvalue weighted by atomic mass is 35.5. The SMILES string of the molecule is CCSc1nnc(CCN)n1C.Cl. The van der Waals surface area contributed by atoms with Gasteiger partial charge in [0.05, 0.1) is 0 Å². The van der Waals surface area contributed by atoms with E-state index in [0.29, 0.717) is 6.54 Å². The highest BCUT2D eigenvalue weighted by molar-refractivity contribution is 7.99. The van der Waals surface area contributed by atoms with E-state index in [1.807, 2.05) is 11.6 Å². The molecule has 0 saturated heterocycles. The van der Waals surface area contributed by atoms with Crippen LogP contribution in [-0.4, -0.2) is 27.1 Å². The lowest BCUT2D eigenvalue weighted by atomic mass is 10.4. The Morgan fingerprint density at radius 1 is 1.46 bits per heavy atom. The van der Waals surface area contributed by atoms with Crippen molar-refractivity contribution < 1.29 is 0 Å². The Labute approximate surface area is 88.7 Å². The van der Waals surface area contributed by atoms with E-state index < -0.39 is 0 Å². The lowest BCUT2D eigenvalue weighted by Crippen LogP contribution is -2.08. The average Bonchev–Trinajstić information content (AvgIpc) is 2.38. The summed E-state index contributed by atoms with van der Waals surface area (Å²) in [5.74, 6) is 1.99. The maximum atomic E-state index is 5.42. The smallest absolute Gasteiger partial charge is 0.190 e. The van der Waals surface area contributed by atoms with Crippen molar-refractivity contribution >= 4 is 24.2 Å². The van der Waals surface area contributed by atoms with Crippen LogP contribution in [0, 0.1) is 0 Å². The highest BCUT2D eigenvalue weighted by Crippen LogP contribution is 2.14. The second-order valence-corrected chi connectivity index (χ2v) is 3.66. The van der Waals surface area contributed by atoms with Crippen LogP contribution in [0.2, 0.25) is 0 Å². The van der Waals surface area contributed by atoms with Crippen LogP contribution < -0.4 is 5.73 Å². The first-order chi connectivity index (χ1) is 5.79. The molecule has 0 aromatic carbocycles. The van der Waals surface area contributed by atoms with E-state index >= 15 is 0 Å². The first kappa shape index (κ1) is 12.7. The van der Waals surface area contributed by atoms with E-state index in [1.165, 1.54) is 0 Å². The van der Waals surface area contributed by atoms with Gasteiger partial charge in [0.15, 0.2) is 5.16 Å². The fourth-order valence-electron chi connectivity index (χ4n) is 0.947. The molecular formula is C7H15ClN4S. The third-order valence-corrected chi connectivity index (χ3v) is 2.47. The average molecular weight is 223 g/mol. The molecule has 13 heavy (non-hydrogen) atoms. The zero-order valence-corrected chi connectivity index (χ0v) is 9.49. The van der Waals surface area contributed by atoms with Crippen molar-refractivity contribution in [1.29, 1.82) is 0 Å². The number of rotatable bonds is 4. The minimum absolute atomic E-state index is 0. The zero-order valence-electron chi connectivity index (χ0n) is 7.86. The van der Waals surface area contributed by atoms with E-state index in [4.69, 9.17) is 5.73 Å². The summed E-state index contributed by atoms with van der Waals surface area (Å²) in [6.07, 6.45) is 0.799. The third kappa shape index (κ3) is 3.17. The minimum Gasteiger partial charge on any atom is -0.330 e. The summed E-state index contributed by atoms with van der Waals surface area (Å²) in [7, 11) is 1.98. The number of nitrogens with two attached hydrogens (primary N) is 1. The summed E-state index contributed by atoms with van der Waals surface area (Å²) in [4.78, 5) is 0. The van der Waals surface area contributed by atoms with Gasteiger partial charge in [0, 0.05) is 13.5 Å². The van der Waals surface area contributed by atoms with Crippen LogP contribution in [-0.2, 0) is 13.5 Å². The Balaban J connectivity index is 0.00000144. The van der Waals surface area contributed by atoms with Crippen molar-refractivity contribution in [2.24, 2.45) is 12.8 Å². The summed E-state index contributed by atoms with van der Waals surface area (Å²) in [5.41, 5.74) is 5.42. The molecule has 1 rings (SSSR count).